The molecule has 7 heteroatoms. The molecule has 0 aliphatic carbocycles. The Hall–Kier alpha value is -2.21. The van der Waals surface area contributed by atoms with Gasteiger partial charge in [-0.25, -0.2) is 14.4 Å². The van der Waals surface area contributed by atoms with Crippen molar-refractivity contribution in [2.45, 2.75) is 25.9 Å². The van der Waals surface area contributed by atoms with Gasteiger partial charge in [-0.05, 0) is 26.0 Å². The number of aromatic nitrogens is 2. The highest BCUT2D eigenvalue weighted by Gasteiger charge is 2.40. The molecule has 114 valence electrons. The number of oxime groups is 1. The molecule has 0 amide bonds. The molecule has 1 aromatic carbocycles. The van der Waals surface area contributed by atoms with Gasteiger partial charge in [0, 0.05) is 6.42 Å². The molecule has 1 unspecified atom stereocenters. The normalized spacial score (nSPS) is 20.5. The lowest BCUT2D eigenvalue weighted by molar-refractivity contribution is -0.0115. The highest BCUT2D eigenvalue weighted by atomic mass is 35.5. The van der Waals surface area contributed by atoms with Gasteiger partial charge in [-0.1, -0.05) is 22.8 Å². The SMILES string of the molecule is CC1=NOC(C)(c2c(F)cccc2Oc2ncc(Cl)cn2)C1. The zero-order valence-electron chi connectivity index (χ0n) is 12.0. The first kappa shape index (κ1) is 14.7. The number of hydrogen-bond acceptors (Lipinski definition) is 5. The van der Waals surface area contributed by atoms with Crippen LogP contribution in [-0.4, -0.2) is 15.7 Å². The van der Waals surface area contributed by atoms with Gasteiger partial charge in [0.15, 0.2) is 5.60 Å². The molecule has 2 aromatic rings. The summed E-state index contributed by atoms with van der Waals surface area (Å²) in [6, 6.07) is 4.62. The fourth-order valence-electron chi connectivity index (χ4n) is 2.42. The Morgan fingerprint density at radius 2 is 2.05 bits per heavy atom. The van der Waals surface area contributed by atoms with E-state index in [0.717, 1.165) is 5.71 Å². The molecule has 0 spiro atoms. The van der Waals surface area contributed by atoms with Crippen LogP contribution < -0.4 is 4.74 Å². The van der Waals surface area contributed by atoms with Gasteiger partial charge in [0.2, 0.25) is 0 Å². The van der Waals surface area contributed by atoms with Gasteiger partial charge in [-0.2, -0.15) is 0 Å². The zero-order valence-corrected chi connectivity index (χ0v) is 12.8. The molecule has 0 bridgehead atoms. The smallest absolute Gasteiger partial charge is 0.321 e. The lowest BCUT2D eigenvalue weighted by Crippen LogP contribution is -2.24. The summed E-state index contributed by atoms with van der Waals surface area (Å²) in [7, 11) is 0. The summed E-state index contributed by atoms with van der Waals surface area (Å²) in [6.45, 7) is 3.59. The van der Waals surface area contributed by atoms with Crippen LogP contribution in [0.5, 0.6) is 11.8 Å². The first-order valence-electron chi connectivity index (χ1n) is 6.64. The third kappa shape index (κ3) is 2.74. The number of hydrogen-bond donors (Lipinski definition) is 0. The van der Waals surface area contributed by atoms with Crippen molar-refractivity contribution in [3.63, 3.8) is 0 Å². The Kier molecular flexibility index (Phi) is 3.70. The molecule has 0 radical (unpaired) electrons. The fraction of sp³-hybridized carbons (Fsp3) is 0.267. The van der Waals surface area contributed by atoms with Crippen LogP contribution in [0.4, 0.5) is 4.39 Å². The number of halogens is 2. The molecular weight excluding hydrogens is 309 g/mol. The van der Waals surface area contributed by atoms with E-state index in [1.807, 2.05) is 6.92 Å². The number of rotatable bonds is 3. The van der Waals surface area contributed by atoms with Crippen molar-refractivity contribution >= 4 is 17.3 Å². The van der Waals surface area contributed by atoms with E-state index in [4.69, 9.17) is 21.2 Å². The third-order valence-corrected chi connectivity index (χ3v) is 3.49. The molecule has 0 saturated heterocycles. The minimum atomic E-state index is -0.919. The molecule has 1 aliphatic rings. The second-order valence-electron chi connectivity index (χ2n) is 5.22. The van der Waals surface area contributed by atoms with Crippen molar-refractivity contribution in [1.29, 1.82) is 0 Å². The Balaban J connectivity index is 1.98. The summed E-state index contributed by atoms with van der Waals surface area (Å²) in [5.41, 5.74) is 0.158. The highest BCUT2D eigenvalue weighted by molar-refractivity contribution is 6.30. The summed E-state index contributed by atoms with van der Waals surface area (Å²) in [5, 5.41) is 4.30. The largest absolute Gasteiger partial charge is 0.424 e. The first-order chi connectivity index (χ1) is 10.5. The average molecular weight is 322 g/mol. The molecule has 1 atom stereocenters. The van der Waals surface area contributed by atoms with Crippen LogP contribution in [0.3, 0.4) is 0 Å². The molecule has 3 rings (SSSR count). The van der Waals surface area contributed by atoms with Gasteiger partial charge in [0.1, 0.15) is 11.6 Å². The van der Waals surface area contributed by atoms with Gasteiger partial charge in [-0.15, -0.1) is 0 Å². The molecule has 0 N–H and O–H groups in total. The van der Waals surface area contributed by atoms with Crippen molar-refractivity contribution in [2.75, 3.05) is 0 Å². The quantitative estimate of drug-likeness (QED) is 0.855. The number of ether oxygens (including phenoxy) is 1. The lowest BCUT2D eigenvalue weighted by atomic mass is 9.90. The molecule has 2 heterocycles. The molecule has 1 aromatic heterocycles. The molecule has 22 heavy (non-hydrogen) atoms. The van der Waals surface area contributed by atoms with Crippen LogP contribution in [0.2, 0.25) is 5.02 Å². The molecule has 5 nitrogen and oxygen atoms in total. The number of benzene rings is 1. The summed E-state index contributed by atoms with van der Waals surface area (Å²) < 4.78 is 20.0. The maximum Gasteiger partial charge on any atom is 0.321 e. The predicted octanol–water partition coefficient (Wildman–Crippen LogP) is 4.07. The lowest BCUT2D eigenvalue weighted by Gasteiger charge is -2.24. The van der Waals surface area contributed by atoms with Crippen molar-refractivity contribution in [2.24, 2.45) is 5.16 Å². The third-order valence-electron chi connectivity index (χ3n) is 3.30. The molecule has 0 saturated carbocycles. The summed E-state index contributed by atoms with van der Waals surface area (Å²) in [6.07, 6.45) is 3.29. The number of nitrogens with zero attached hydrogens (tertiary/aromatic N) is 3. The maximum absolute atomic E-state index is 14.4. The van der Waals surface area contributed by atoms with Crippen molar-refractivity contribution < 1.29 is 14.0 Å². The van der Waals surface area contributed by atoms with Crippen molar-refractivity contribution in [1.82, 2.24) is 9.97 Å². The Bertz CT molecular complexity index is 736. The first-order valence-corrected chi connectivity index (χ1v) is 7.02. The van der Waals surface area contributed by atoms with Crippen LogP contribution in [-0.2, 0) is 10.4 Å². The van der Waals surface area contributed by atoms with Crippen molar-refractivity contribution in [3.05, 3.63) is 47.0 Å². The predicted molar refractivity (Wildman–Crippen MR) is 79.7 cm³/mol. The van der Waals surface area contributed by atoms with Gasteiger partial charge >= 0.3 is 6.01 Å². The van der Waals surface area contributed by atoms with E-state index in [9.17, 15) is 4.39 Å². The van der Waals surface area contributed by atoms with Crippen LogP contribution in [0, 0.1) is 5.82 Å². The highest BCUT2D eigenvalue weighted by Crippen LogP contribution is 2.41. The minimum absolute atomic E-state index is 0.0792. The van der Waals surface area contributed by atoms with Gasteiger partial charge < -0.3 is 9.57 Å². The average Bonchev–Trinajstić information content (AvgIpc) is 2.82. The summed E-state index contributed by atoms with van der Waals surface area (Å²) >= 11 is 5.74. The van der Waals surface area contributed by atoms with E-state index in [1.165, 1.54) is 18.5 Å². The van der Waals surface area contributed by atoms with Crippen LogP contribution in [0.25, 0.3) is 0 Å². The standard InChI is InChI=1S/C15H13ClFN3O2/c1-9-6-15(2,22-20-9)13-11(17)4-3-5-12(13)21-14-18-7-10(16)8-19-14/h3-5,7-8H,6H2,1-2H3. The topological polar surface area (TPSA) is 56.6 Å². The van der Waals surface area contributed by atoms with Crippen LogP contribution >= 0.6 is 11.6 Å². The second-order valence-corrected chi connectivity index (χ2v) is 5.66. The Morgan fingerprint density at radius 1 is 1.32 bits per heavy atom. The van der Waals surface area contributed by atoms with E-state index < -0.39 is 11.4 Å². The Labute approximate surface area is 131 Å². The van der Waals surface area contributed by atoms with E-state index in [2.05, 4.69) is 15.1 Å². The van der Waals surface area contributed by atoms with Crippen LogP contribution in [0.15, 0.2) is 35.7 Å². The summed E-state index contributed by atoms with van der Waals surface area (Å²) in [4.78, 5) is 13.3. The van der Waals surface area contributed by atoms with E-state index >= 15 is 0 Å². The Morgan fingerprint density at radius 3 is 2.68 bits per heavy atom. The van der Waals surface area contributed by atoms with Crippen LogP contribution in [0.1, 0.15) is 25.8 Å². The second kappa shape index (κ2) is 5.53. The van der Waals surface area contributed by atoms with E-state index in [0.29, 0.717) is 11.4 Å². The van der Waals surface area contributed by atoms with E-state index in [-0.39, 0.29) is 17.3 Å². The van der Waals surface area contributed by atoms with Gasteiger partial charge in [0.05, 0.1) is 28.7 Å². The molecular formula is C15H13ClFN3O2. The van der Waals surface area contributed by atoms with Gasteiger partial charge in [-0.3, -0.25) is 0 Å². The molecule has 1 aliphatic heterocycles. The maximum atomic E-state index is 14.4. The van der Waals surface area contributed by atoms with Gasteiger partial charge in [0.25, 0.3) is 0 Å². The minimum Gasteiger partial charge on any atom is -0.424 e. The van der Waals surface area contributed by atoms with E-state index in [1.54, 1.807) is 19.1 Å². The molecule has 0 fully saturated rings. The zero-order chi connectivity index (χ0) is 15.7. The van der Waals surface area contributed by atoms with Crippen molar-refractivity contribution in [3.8, 4) is 11.8 Å². The fourth-order valence-corrected chi connectivity index (χ4v) is 2.52. The summed E-state index contributed by atoms with van der Waals surface area (Å²) in [5.74, 6) is -0.145. The monoisotopic (exact) mass is 321 g/mol.